The van der Waals surface area contributed by atoms with Gasteiger partial charge in [-0.1, -0.05) is 39.0 Å². The third-order valence-corrected chi connectivity index (χ3v) is 3.53. The zero-order chi connectivity index (χ0) is 15.2. The van der Waals surface area contributed by atoms with Gasteiger partial charge in [0.15, 0.2) is 5.78 Å². The summed E-state index contributed by atoms with van der Waals surface area (Å²) in [5.41, 5.74) is 5.44. The average Bonchev–Trinajstić information content (AvgIpc) is 2.41. The number of carbonyl (C=O) groups is 2. The number of Topliss-reactive ketones (excluding diaryl/α,β-unsaturated/α-hetero) is 1. The Morgan fingerprint density at radius 2 is 1.65 bits per heavy atom. The van der Waals surface area contributed by atoms with Crippen LogP contribution in [-0.4, -0.2) is 24.3 Å². The van der Waals surface area contributed by atoms with E-state index in [0.717, 1.165) is 25.7 Å². The molecule has 0 aliphatic rings. The molecule has 4 nitrogen and oxygen atoms in total. The van der Waals surface area contributed by atoms with Crippen LogP contribution < -0.4 is 11.1 Å². The number of nitrogens with one attached hydrogen (secondary N) is 1. The van der Waals surface area contributed by atoms with Crippen molar-refractivity contribution in [2.24, 2.45) is 5.73 Å². The van der Waals surface area contributed by atoms with Crippen LogP contribution in [0.1, 0.15) is 78.1 Å². The Morgan fingerprint density at radius 3 is 2.25 bits per heavy atom. The fourth-order valence-corrected chi connectivity index (χ4v) is 2.20. The minimum atomic E-state index is -0.325. The van der Waals surface area contributed by atoms with E-state index in [0.29, 0.717) is 19.4 Å². The van der Waals surface area contributed by atoms with Crippen molar-refractivity contribution < 1.29 is 9.59 Å². The minimum Gasteiger partial charge on any atom is -0.346 e. The number of rotatable bonds is 13. The Kier molecular flexibility index (Phi) is 12.5. The molecule has 0 saturated carbocycles. The van der Waals surface area contributed by atoms with Crippen molar-refractivity contribution in [1.82, 2.24) is 5.32 Å². The lowest BCUT2D eigenvalue weighted by Gasteiger charge is -2.15. The highest BCUT2D eigenvalue weighted by Gasteiger charge is 2.15. The summed E-state index contributed by atoms with van der Waals surface area (Å²) in [6.45, 7) is 4.37. The van der Waals surface area contributed by atoms with E-state index in [1.54, 1.807) is 0 Å². The fraction of sp³-hybridized carbons (Fsp3) is 0.875. The molecule has 118 valence electrons. The van der Waals surface area contributed by atoms with Gasteiger partial charge in [-0.15, -0.1) is 0 Å². The summed E-state index contributed by atoms with van der Waals surface area (Å²) >= 11 is 0. The summed E-state index contributed by atoms with van der Waals surface area (Å²) in [6, 6.07) is -0.325. The standard InChI is InChI=1S/C16H32N2O2/c1-3-4-5-6-7-8-12-16(20)18-15(14(2)19)11-9-10-13-17/h15H,3-13,17H2,1-2H3,(H,18,20). The van der Waals surface area contributed by atoms with Gasteiger partial charge in [-0.2, -0.15) is 0 Å². The first-order chi connectivity index (χ1) is 9.61. The maximum Gasteiger partial charge on any atom is 0.220 e. The monoisotopic (exact) mass is 284 g/mol. The SMILES string of the molecule is CCCCCCCCC(=O)NC(CCCCN)C(C)=O. The highest BCUT2D eigenvalue weighted by Crippen LogP contribution is 2.08. The zero-order valence-corrected chi connectivity index (χ0v) is 13.2. The van der Waals surface area contributed by atoms with Crippen molar-refractivity contribution in [3.8, 4) is 0 Å². The van der Waals surface area contributed by atoms with Crippen molar-refractivity contribution in [1.29, 1.82) is 0 Å². The normalized spacial score (nSPS) is 12.2. The second-order valence-electron chi connectivity index (χ2n) is 5.53. The van der Waals surface area contributed by atoms with Crippen LogP contribution >= 0.6 is 0 Å². The molecule has 0 heterocycles. The molecule has 1 unspecified atom stereocenters. The van der Waals surface area contributed by atoms with Gasteiger partial charge in [0.25, 0.3) is 0 Å². The fourth-order valence-electron chi connectivity index (χ4n) is 2.20. The third kappa shape index (κ3) is 11.0. The quantitative estimate of drug-likeness (QED) is 0.511. The van der Waals surface area contributed by atoms with Gasteiger partial charge in [-0.05, 0) is 39.2 Å². The average molecular weight is 284 g/mol. The number of amides is 1. The van der Waals surface area contributed by atoms with E-state index >= 15 is 0 Å². The molecule has 0 aromatic carbocycles. The van der Waals surface area contributed by atoms with Gasteiger partial charge in [0.2, 0.25) is 5.91 Å². The van der Waals surface area contributed by atoms with E-state index < -0.39 is 0 Å². The van der Waals surface area contributed by atoms with E-state index in [4.69, 9.17) is 5.73 Å². The Bertz CT molecular complexity index is 267. The molecule has 20 heavy (non-hydrogen) atoms. The van der Waals surface area contributed by atoms with E-state index in [9.17, 15) is 9.59 Å². The largest absolute Gasteiger partial charge is 0.346 e. The Hall–Kier alpha value is -0.900. The summed E-state index contributed by atoms with van der Waals surface area (Å²) in [6.07, 6.45) is 10.0. The number of nitrogens with two attached hydrogens (primary N) is 1. The van der Waals surface area contributed by atoms with E-state index in [-0.39, 0.29) is 17.7 Å². The van der Waals surface area contributed by atoms with Crippen molar-refractivity contribution in [2.45, 2.75) is 84.1 Å². The molecule has 1 amide bonds. The lowest BCUT2D eigenvalue weighted by Crippen LogP contribution is -2.39. The van der Waals surface area contributed by atoms with Gasteiger partial charge >= 0.3 is 0 Å². The molecular formula is C16H32N2O2. The van der Waals surface area contributed by atoms with Crippen LogP contribution in [0.25, 0.3) is 0 Å². The lowest BCUT2D eigenvalue weighted by atomic mass is 10.1. The molecule has 0 bridgehead atoms. The molecule has 0 rings (SSSR count). The van der Waals surface area contributed by atoms with Crippen LogP contribution in [0, 0.1) is 0 Å². The van der Waals surface area contributed by atoms with Crippen molar-refractivity contribution in [2.75, 3.05) is 6.54 Å². The summed E-state index contributed by atoms with van der Waals surface area (Å²) in [4.78, 5) is 23.3. The molecule has 0 aromatic heterocycles. The van der Waals surface area contributed by atoms with Gasteiger partial charge in [0.05, 0.1) is 6.04 Å². The molecule has 4 heteroatoms. The smallest absolute Gasteiger partial charge is 0.220 e. The first-order valence-corrected chi connectivity index (χ1v) is 8.11. The van der Waals surface area contributed by atoms with Crippen molar-refractivity contribution >= 4 is 11.7 Å². The van der Waals surface area contributed by atoms with Crippen molar-refractivity contribution in [3.63, 3.8) is 0 Å². The maximum atomic E-state index is 11.8. The predicted octanol–water partition coefficient (Wildman–Crippen LogP) is 2.94. The second-order valence-corrected chi connectivity index (χ2v) is 5.53. The summed E-state index contributed by atoms with van der Waals surface area (Å²) in [5.74, 6) is 0.0479. The number of hydrogen-bond donors (Lipinski definition) is 2. The minimum absolute atomic E-state index is 0.00781. The molecule has 0 aliphatic carbocycles. The Morgan fingerprint density at radius 1 is 1.00 bits per heavy atom. The molecule has 0 fully saturated rings. The van der Waals surface area contributed by atoms with Crippen LogP contribution in [-0.2, 0) is 9.59 Å². The van der Waals surface area contributed by atoms with Gasteiger partial charge < -0.3 is 11.1 Å². The van der Waals surface area contributed by atoms with Crippen LogP contribution in [0.3, 0.4) is 0 Å². The van der Waals surface area contributed by atoms with Crippen LogP contribution in [0.5, 0.6) is 0 Å². The first kappa shape index (κ1) is 19.1. The lowest BCUT2D eigenvalue weighted by molar-refractivity contribution is -0.127. The predicted molar refractivity (Wildman–Crippen MR) is 83.5 cm³/mol. The number of unbranched alkanes of at least 4 members (excludes halogenated alkanes) is 6. The number of hydrogen-bond acceptors (Lipinski definition) is 3. The molecular weight excluding hydrogens is 252 g/mol. The highest BCUT2D eigenvalue weighted by molar-refractivity contribution is 5.87. The van der Waals surface area contributed by atoms with E-state index in [1.807, 2.05) is 0 Å². The van der Waals surface area contributed by atoms with Crippen LogP contribution in [0.2, 0.25) is 0 Å². The molecule has 1 atom stereocenters. The molecule has 0 saturated heterocycles. The molecule has 0 spiro atoms. The van der Waals surface area contributed by atoms with Gasteiger partial charge in [0.1, 0.15) is 0 Å². The first-order valence-electron chi connectivity index (χ1n) is 8.11. The molecule has 0 aromatic rings. The molecule has 0 radical (unpaired) electrons. The summed E-state index contributed by atoms with van der Waals surface area (Å²) < 4.78 is 0. The van der Waals surface area contributed by atoms with Gasteiger partial charge in [-0.3, -0.25) is 9.59 Å². The van der Waals surface area contributed by atoms with E-state index in [2.05, 4.69) is 12.2 Å². The van der Waals surface area contributed by atoms with E-state index in [1.165, 1.54) is 32.6 Å². The number of carbonyl (C=O) groups excluding carboxylic acids is 2. The number of ketones is 1. The van der Waals surface area contributed by atoms with Gasteiger partial charge in [-0.25, -0.2) is 0 Å². The summed E-state index contributed by atoms with van der Waals surface area (Å²) in [5, 5.41) is 2.85. The maximum absolute atomic E-state index is 11.8. The third-order valence-electron chi connectivity index (χ3n) is 3.53. The van der Waals surface area contributed by atoms with Crippen LogP contribution in [0.15, 0.2) is 0 Å². The zero-order valence-electron chi connectivity index (χ0n) is 13.2. The molecule has 3 N–H and O–H groups in total. The topological polar surface area (TPSA) is 72.2 Å². The highest BCUT2D eigenvalue weighted by atomic mass is 16.2. The molecule has 0 aliphatic heterocycles. The Labute approximate surface area is 123 Å². The van der Waals surface area contributed by atoms with Crippen molar-refractivity contribution in [3.05, 3.63) is 0 Å². The van der Waals surface area contributed by atoms with Gasteiger partial charge in [0, 0.05) is 6.42 Å². The second kappa shape index (κ2) is 13.1. The Balaban J connectivity index is 3.75. The van der Waals surface area contributed by atoms with Crippen LogP contribution in [0.4, 0.5) is 0 Å². The summed E-state index contributed by atoms with van der Waals surface area (Å²) in [7, 11) is 0.